The van der Waals surface area contributed by atoms with Crippen LogP contribution in [0.2, 0.25) is 0 Å². The predicted molar refractivity (Wildman–Crippen MR) is 99.5 cm³/mol. The van der Waals surface area contributed by atoms with Gasteiger partial charge in [0.05, 0.1) is 6.61 Å². The van der Waals surface area contributed by atoms with Gasteiger partial charge in [-0.2, -0.15) is 0 Å². The lowest BCUT2D eigenvalue weighted by Crippen LogP contribution is -2.60. The molecule has 0 spiro atoms. The number of aromatic hydroxyl groups is 2. The van der Waals surface area contributed by atoms with E-state index in [4.69, 9.17) is 9.47 Å². The maximum atomic E-state index is 10.1. The fourth-order valence-electron chi connectivity index (χ4n) is 2.85. The van der Waals surface area contributed by atoms with Gasteiger partial charge in [-0.25, -0.2) is 0 Å². The Morgan fingerprint density at radius 2 is 1.50 bits per heavy atom. The van der Waals surface area contributed by atoms with Gasteiger partial charge in [0.1, 0.15) is 41.7 Å². The minimum atomic E-state index is -1.55. The monoisotopic (exact) mass is 390 g/mol. The van der Waals surface area contributed by atoms with Crippen molar-refractivity contribution < 1.29 is 40.1 Å². The van der Waals surface area contributed by atoms with Gasteiger partial charge in [0.15, 0.2) is 0 Å². The molecule has 1 saturated heterocycles. The number of hydrogen-bond acceptors (Lipinski definition) is 8. The number of phenolic OH excluding ortho intramolecular Hbond substituents is 2. The molecule has 1 heterocycles. The number of hydrogen-bond donors (Lipinski definition) is 6. The average molecular weight is 390 g/mol. The summed E-state index contributed by atoms with van der Waals surface area (Å²) in [7, 11) is 0. The third kappa shape index (κ3) is 4.61. The SMILES string of the molecule is OC[C@@H]1O[C@@H](Oc2cc(O)cc(/C=C/c3ccc(O)cc3)c2)[C@H](O)[C@H](O)[C@@H]1O. The largest absolute Gasteiger partial charge is 0.508 e. The minimum Gasteiger partial charge on any atom is -0.508 e. The van der Waals surface area contributed by atoms with E-state index in [0.717, 1.165) is 5.56 Å². The highest BCUT2D eigenvalue weighted by Crippen LogP contribution is 2.28. The summed E-state index contributed by atoms with van der Waals surface area (Å²) in [5.74, 6) is 0.229. The number of aliphatic hydroxyl groups is 4. The van der Waals surface area contributed by atoms with E-state index < -0.39 is 37.3 Å². The zero-order valence-corrected chi connectivity index (χ0v) is 14.8. The van der Waals surface area contributed by atoms with E-state index >= 15 is 0 Å². The van der Waals surface area contributed by atoms with Crippen LogP contribution >= 0.6 is 0 Å². The van der Waals surface area contributed by atoms with Crippen molar-refractivity contribution in [1.82, 2.24) is 0 Å². The van der Waals surface area contributed by atoms with Crippen LogP contribution in [-0.2, 0) is 4.74 Å². The zero-order valence-electron chi connectivity index (χ0n) is 14.8. The first kappa shape index (κ1) is 20.1. The van der Waals surface area contributed by atoms with Crippen LogP contribution in [0.25, 0.3) is 12.2 Å². The third-order valence-corrected chi connectivity index (χ3v) is 4.38. The lowest BCUT2D eigenvalue weighted by Gasteiger charge is -2.39. The Kier molecular flexibility index (Phi) is 6.18. The van der Waals surface area contributed by atoms with Crippen LogP contribution in [-0.4, -0.2) is 68.0 Å². The fraction of sp³-hybridized carbons (Fsp3) is 0.300. The van der Waals surface area contributed by atoms with Gasteiger partial charge in [0.25, 0.3) is 0 Å². The van der Waals surface area contributed by atoms with E-state index in [1.165, 1.54) is 12.1 Å². The van der Waals surface area contributed by atoms with Gasteiger partial charge in [0.2, 0.25) is 6.29 Å². The topological polar surface area (TPSA) is 140 Å². The summed E-state index contributed by atoms with van der Waals surface area (Å²) in [6, 6.07) is 10.9. The molecule has 3 rings (SSSR count). The summed E-state index contributed by atoms with van der Waals surface area (Å²) in [6.45, 7) is -0.564. The van der Waals surface area contributed by atoms with Crippen molar-refractivity contribution in [3.63, 3.8) is 0 Å². The average Bonchev–Trinajstić information content (AvgIpc) is 2.67. The van der Waals surface area contributed by atoms with Crippen LogP contribution in [0.3, 0.4) is 0 Å². The summed E-state index contributed by atoms with van der Waals surface area (Å²) in [5.41, 5.74) is 1.42. The van der Waals surface area contributed by atoms with E-state index in [1.54, 1.807) is 42.5 Å². The normalized spacial score (nSPS) is 27.8. The van der Waals surface area contributed by atoms with Gasteiger partial charge >= 0.3 is 0 Å². The molecule has 0 aromatic heterocycles. The second-order valence-corrected chi connectivity index (χ2v) is 6.50. The maximum Gasteiger partial charge on any atom is 0.229 e. The van der Waals surface area contributed by atoms with Crippen LogP contribution in [0, 0.1) is 0 Å². The van der Waals surface area contributed by atoms with Crippen LogP contribution < -0.4 is 4.74 Å². The Morgan fingerprint density at radius 1 is 0.821 bits per heavy atom. The van der Waals surface area contributed by atoms with E-state index in [1.807, 2.05) is 0 Å². The molecule has 1 fully saturated rings. The van der Waals surface area contributed by atoms with Crippen molar-refractivity contribution >= 4 is 12.2 Å². The van der Waals surface area contributed by atoms with Gasteiger partial charge < -0.3 is 40.1 Å². The van der Waals surface area contributed by atoms with Crippen LogP contribution in [0.5, 0.6) is 17.2 Å². The molecule has 0 radical (unpaired) electrons. The number of phenols is 2. The molecule has 8 heteroatoms. The van der Waals surface area contributed by atoms with E-state index in [-0.39, 0.29) is 17.2 Å². The van der Waals surface area contributed by atoms with Crippen molar-refractivity contribution in [1.29, 1.82) is 0 Å². The van der Waals surface area contributed by atoms with E-state index in [9.17, 15) is 30.6 Å². The molecule has 2 aromatic rings. The van der Waals surface area contributed by atoms with Crippen molar-refractivity contribution in [3.05, 3.63) is 53.6 Å². The summed E-state index contributed by atoms with van der Waals surface area (Å²) < 4.78 is 10.8. The van der Waals surface area contributed by atoms with Crippen LogP contribution in [0.15, 0.2) is 42.5 Å². The molecule has 28 heavy (non-hydrogen) atoms. The first-order chi connectivity index (χ1) is 13.4. The van der Waals surface area contributed by atoms with Crippen LogP contribution in [0.1, 0.15) is 11.1 Å². The molecule has 0 saturated carbocycles. The third-order valence-electron chi connectivity index (χ3n) is 4.38. The second-order valence-electron chi connectivity index (χ2n) is 6.50. The number of aliphatic hydroxyl groups excluding tert-OH is 4. The highest BCUT2D eigenvalue weighted by molar-refractivity contribution is 5.71. The molecule has 2 aromatic carbocycles. The zero-order chi connectivity index (χ0) is 20.3. The molecule has 0 bridgehead atoms. The first-order valence-electron chi connectivity index (χ1n) is 8.65. The van der Waals surface area contributed by atoms with Gasteiger partial charge in [-0.1, -0.05) is 24.3 Å². The highest BCUT2D eigenvalue weighted by Gasteiger charge is 2.44. The van der Waals surface area contributed by atoms with Crippen LogP contribution in [0.4, 0.5) is 0 Å². The fourth-order valence-corrected chi connectivity index (χ4v) is 2.85. The first-order valence-corrected chi connectivity index (χ1v) is 8.65. The van der Waals surface area contributed by atoms with Crippen molar-refractivity contribution in [2.75, 3.05) is 6.61 Å². The van der Waals surface area contributed by atoms with E-state index in [2.05, 4.69) is 0 Å². The smallest absolute Gasteiger partial charge is 0.229 e. The van der Waals surface area contributed by atoms with Gasteiger partial charge in [-0.05, 0) is 35.4 Å². The Balaban J connectivity index is 1.76. The molecule has 6 N–H and O–H groups in total. The second kappa shape index (κ2) is 8.59. The Labute approximate surface area is 161 Å². The Morgan fingerprint density at radius 3 is 2.18 bits per heavy atom. The molecule has 8 nitrogen and oxygen atoms in total. The maximum absolute atomic E-state index is 10.1. The van der Waals surface area contributed by atoms with E-state index in [0.29, 0.717) is 5.56 Å². The molecular formula is C20H22O8. The molecule has 1 aliphatic rings. The minimum absolute atomic E-state index is 0.0903. The highest BCUT2D eigenvalue weighted by atomic mass is 16.7. The number of benzene rings is 2. The Hall–Kier alpha value is -2.62. The number of ether oxygens (including phenoxy) is 2. The summed E-state index contributed by atoms with van der Waals surface area (Å²) in [6.07, 6.45) is -3.52. The van der Waals surface area contributed by atoms with Crippen molar-refractivity contribution in [3.8, 4) is 17.2 Å². The lowest BCUT2D eigenvalue weighted by atomic mass is 9.99. The quantitative estimate of drug-likeness (QED) is 0.405. The van der Waals surface area contributed by atoms with Gasteiger partial charge in [-0.15, -0.1) is 0 Å². The predicted octanol–water partition coefficient (Wildman–Crippen LogP) is 0.447. The Bertz CT molecular complexity index is 817. The molecule has 1 aliphatic heterocycles. The summed E-state index contributed by atoms with van der Waals surface area (Å²) >= 11 is 0. The standard InChI is InChI=1S/C20H22O8/c21-10-16-17(24)18(25)19(26)20(28-16)27-15-8-12(7-14(23)9-15)2-1-11-3-5-13(22)6-4-11/h1-9,16-26H,10H2/b2-1+/t16-,17+,18+,19+,20+/m0/s1. The molecule has 0 aliphatic carbocycles. The molecule has 0 amide bonds. The summed E-state index contributed by atoms with van der Waals surface area (Å²) in [5, 5.41) is 58.2. The molecular weight excluding hydrogens is 368 g/mol. The number of rotatable bonds is 5. The molecule has 5 atom stereocenters. The lowest BCUT2D eigenvalue weighted by molar-refractivity contribution is -0.277. The van der Waals surface area contributed by atoms with Crippen molar-refractivity contribution in [2.45, 2.75) is 30.7 Å². The van der Waals surface area contributed by atoms with Gasteiger partial charge in [0, 0.05) is 6.07 Å². The van der Waals surface area contributed by atoms with Crippen molar-refractivity contribution in [2.24, 2.45) is 0 Å². The van der Waals surface area contributed by atoms with Gasteiger partial charge in [-0.3, -0.25) is 0 Å². The summed E-state index contributed by atoms with van der Waals surface area (Å²) in [4.78, 5) is 0. The molecule has 150 valence electrons. The molecule has 0 unspecified atom stereocenters.